The Morgan fingerprint density at radius 3 is 2.58 bits per heavy atom. The summed E-state index contributed by atoms with van der Waals surface area (Å²) in [5.41, 5.74) is 1.22. The second-order valence-corrected chi connectivity index (χ2v) is 4.91. The van der Waals surface area contributed by atoms with Crippen LogP contribution in [0.4, 0.5) is 0 Å². The summed E-state index contributed by atoms with van der Waals surface area (Å²) in [6.07, 6.45) is 0. The first kappa shape index (κ1) is 13.8. The first-order valence-electron chi connectivity index (χ1n) is 6.90. The molecule has 0 aliphatic carbocycles. The Bertz CT molecular complexity index is 599. The lowest BCUT2D eigenvalue weighted by molar-refractivity contribution is 0.286. The highest BCUT2D eigenvalue weighted by molar-refractivity contribution is 5.76. The van der Waals surface area contributed by atoms with E-state index in [4.69, 9.17) is 4.42 Å². The van der Waals surface area contributed by atoms with Gasteiger partial charge in [0.15, 0.2) is 0 Å². The fourth-order valence-corrected chi connectivity index (χ4v) is 2.39. The molecular formula is C16H21NO2. The van der Waals surface area contributed by atoms with E-state index in [1.165, 1.54) is 0 Å². The quantitative estimate of drug-likeness (QED) is 0.773. The van der Waals surface area contributed by atoms with Gasteiger partial charge in [0, 0.05) is 23.4 Å². The molecule has 1 atom stereocenters. The number of benzene rings is 1. The van der Waals surface area contributed by atoms with Crippen LogP contribution in [0.25, 0.3) is 11.0 Å². The molecule has 1 heterocycles. The highest BCUT2D eigenvalue weighted by Gasteiger charge is 2.15. The van der Waals surface area contributed by atoms with Gasteiger partial charge in [-0.3, -0.25) is 0 Å². The van der Waals surface area contributed by atoms with E-state index in [1.54, 1.807) is 0 Å². The summed E-state index contributed by atoms with van der Waals surface area (Å²) in [7, 11) is 0. The summed E-state index contributed by atoms with van der Waals surface area (Å²) < 4.78 is 5.39. The van der Waals surface area contributed by atoms with E-state index in [0.717, 1.165) is 30.6 Å². The lowest BCUT2D eigenvalue weighted by atomic mass is 10.0. The molecule has 0 spiro atoms. The van der Waals surface area contributed by atoms with Crippen LogP contribution >= 0.6 is 0 Å². The first-order chi connectivity index (χ1) is 9.15. The maximum absolute atomic E-state index is 12.0. The summed E-state index contributed by atoms with van der Waals surface area (Å²) in [5.74, 6) is 0.181. The Morgan fingerprint density at radius 2 is 1.89 bits per heavy atom. The van der Waals surface area contributed by atoms with Gasteiger partial charge in [-0.15, -0.1) is 0 Å². The maximum Gasteiger partial charge on any atom is 0.339 e. The minimum atomic E-state index is -0.210. The standard InChI is InChI=1S/C16H21NO2/c1-4-17(5-2)11-12(3)14-10-13-8-6-7-9-15(13)19-16(14)18/h6-10,12H,4-5,11H2,1-3H3. The van der Waals surface area contributed by atoms with Crippen molar-refractivity contribution < 1.29 is 4.42 Å². The number of para-hydroxylation sites is 1. The molecule has 0 radical (unpaired) electrons. The Balaban J connectivity index is 2.33. The largest absolute Gasteiger partial charge is 0.423 e. The van der Waals surface area contributed by atoms with Gasteiger partial charge in [0.05, 0.1) is 0 Å². The van der Waals surface area contributed by atoms with Crippen LogP contribution in [-0.4, -0.2) is 24.5 Å². The van der Waals surface area contributed by atoms with Crippen molar-refractivity contribution in [1.29, 1.82) is 0 Å². The van der Waals surface area contributed by atoms with Crippen molar-refractivity contribution in [2.45, 2.75) is 26.7 Å². The first-order valence-corrected chi connectivity index (χ1v) is 6.90. The fraction of sp³-hybridized carbons (Fsp3) is 0.438. The second-order valence-electron chi connectivity index (χ2n) is 4.91. The molecule has 1 unspecified atom stereocenters. The SMILES string of the molecule is CCN(CC)CC(C)c1cc2ccccc2oc1=O. The molecule has 0 N–H and O–H groups in total. The molecule has 2 aromatic rings. The van der Waals surface area contributed by atoms with E-state index in [2.05, 4.69) is 25.7 Å². The summed E-state index contributed by atoms with van der Waals surface area (Å²) in [6.45, 7) is 9.24. The molecule has 3 heteroatoms. The molecule has 0 saturated heterocycles. The zero-order valence-electron chi connectivity index (χ0n) is 11.8. The molecule has 3 nitrogen and oxygen atoms in total. The molecule has 0 bridgehead atoms. The summed E-state index contributed by atoms with van der Waals surface area (Å²) in [6, 6.07) is 9.61. The molecule has 0 aliphatic rings. The number of hydrogen-bond donors (Lipinski definition) is 0. The lowest BCUT2D eigenvalue weighted by Gasteiger charge is -2.22. The van der Waals surface area contributed by atoms with Gasteiger partial charge >= 0.3 is 5.63 Å². The van der Waals surface area contributed by atoms with Crippen LogP contribution in [0.1, 0.15) is 32.3 Å². The predicted octanol–water partition coefficient (Wildman–Crippen LogP) is 3.24. The number of hydrogen-bond acceptors (Lipinski definition) is 3. The van der Waals surface area contributed by atoms with E-state index in [-0.39, 0.29) is 11.5 Å². The van der Waals surface area contributed by atoms with Crippen LogP contribution < -0.4 is 5.63 Å². The van der Waals surface area contributed by atoms with E-state index in [0.29, 0.717) is 5.58 Å². The van der Waals surface area contributed by atoms with E-state index in [9.17, 15) is 4.79 Å². The second kappa shape index (κ2) is 6.02. The van der Waals surface area contributed by atoms with Gasteiger partial charge in [-0.25, -0.2) is 4.79 Å². The highest BCUT2D eigenvalue weighted by atomic mass is 16.4. The van der Waals surface area contributed by atoms with E-state index in [1.807, 2.05) is 30.3 Å². The van der Waals surface area contributed by atoms with Crippen molar-refractivity contribution >= 4 is 11.0 Å². The fourth-order valence-electron chi connectivity index (χ4n) is 2.39. The minimum absolute atomic E-state index is 0.181. The van der Waals surface area contributed by atoms with Gasteiger partial charge in [-0.05, 0) is 25.2 Å². The van der Waals surface area contributed by atoms with Gasteiger partial charge in [-0.2, -0.15) is 0 Å². The number of nitrogens with zero attached hydrogens (tertiary/aromatic N) is 1. The molecule has 1 aromatic heterocycles. The minimum Gasteiger partial charge on any atom is -0.423 e. The molecule has 0 fully saturated rings. The predicted molar refractivity (Wildman–Crippen MR) is 78.7 cm³/mol. The average Bonchev–Trinajstić information content (AvgIpc) is 2.43. The highest BCUT2D eigenvalue weighted by Crippen LogP contribution is 2.19. The monoisotopic (exact) mass is 259 g/mol. The maximum atomic E-state index is 12.0. The van der Waals surface area contributed by atoms with E-state index < -0.39 is 0 Å². The third kappa shape index (κ3) is 3.04. The van der Waals surface area contributed by atoms with Crippen LogP contribution in [0.15, 0.2) is 39.5 Å². The summed E-state index contributed by atoms with van der Waals surface area (Å²) in [4.78, 5) is 14.4. The molecular weight excluding hydrogens is 238 g/mol. The molecule has 102 valence electrons. The van der Waals surface area contributed by atoms with Crippen molar-refractivity contribution in [1.82, 2.24) is 4.90 Å². The van der Waals surface area contributed by atoms with Gasteiger partial charge in [0.2, 0.25) is 0 Å². The Morgan fingerprint density at radius 1 is 1.21 bits per heavy atom. The van der Waals surface area contributed by atoms with Gasteiger partial charge in [0.1, 0.15) is 5.58 Å². The van der Waals surface area contributed by atoms with Crippen LogP contribution in [0, 0.1) is 0 Å². The van der Waals surface area contributed by atoms with Crippen molar-refractivity contribution in [3.05, 3.63) is 46.3 Å². The topological polar surface area (TPSA) is 33.5 Å². The number of fused-ring (bicyclic) bond motifs is 1. The zero-order valence-corrected chi connectivity index (χ0v) is 11.8. The third-order valence-electron chi connectivity index (χ3n) is 3.63. The molecule has 0 aliphatic heterocycles. The van der Waals surface area contributed by atoms with E-state index >= 15 is 0 Å². The molecule has 2 rings (SSSR count). The number of likely N-dealkylation sites (N-methyl/N-ethyl adjacent to an activating group) is 1. The number of rotatable bonds is 5. The Hall–Kier alpha value is -1.61. The van der Waals surface area contributed by atoms with Crippen molar-refractivity contribution in [2.24, 2.45) is 0 Å². The Kier molecular flexibility index (Phi) is 4.38. The molecule has 0 saturated carbocycles. The van der Waals surface area contributed by atoms with Crippen LogP contribution in [0.2, 0.25) is 0 Å². The molecule has 0 amide bonds. The van der Waals surface area contributed by atoms with Crippen LogP contribution in [0.5, 0.6) is 0 Å². The van der Waals surface area contributed by atoms with Crippen molar-refractivity contribution in [2.75, 3.05) is 19.6 Å². The van der Waals surface area contributed by atoms with Gasteiger partial charge in [-0.1, -0.05) is 39.0 Å². The van der Waals surface area contributed by atoms with Crippen molar-refractivity contribution in [3.63, 3.8) is 0 Å². The van der Waals surface area contributed by atoms with Crippen LogP contribution in [-0.2, 0) is 0 Å². The van der Waals surface area contributed by atoms with Gasteiger partial charge < -0.3 is 9.32 Å². The third-order valence-corrected chi connectivity index (χ3v) is 3.63. The zero-order chi connectivity index (χ0) is 13.8. The van der Waals surface area contributed by atoms with Crippen molar-refractivity contribution in [3.8, 4) is 0 Å². The summed E-state index contributed by atoms with van der Waals surface area (Å²) in [5, 5.41) is 0.989. The summed E-state index contributed by atoms with van der Waals surface area (Å²) >= 11 is 0. The smallest absolute Gasteiger partial charge is 0.339 e. The normalized spacial score (nSPS) is 13.1. The molecule has 19 heavy (non-hydrogen) atoms. The lowest BCUT2D eigenvalue weighted by Crippen LogP contribution is -2.29. The van der Waals surface area contributed by atoms with Crippen LogP contribution in [0.3, 0.4) is 0 Å². The van der Waals surface area contributed by atoms with Gasteiger partial charge in [0.25, 0.3) is 0 Å². The average molecular weight is 259 g/mol. The Labute approximate surface area is 113 Å². The molecule has 1 aromatic carbocycles.